The predicted molar refractivity (Wildman–Crippen MR) is 51.0 cm³/mol. The van der Waals surface area contributed by atoms with Crippen molar-refractivity contribution < 1.29 is 9.47 Å². The predicted octanol–water partition coefficient (Wildman–Crippen LogP) is 2.60. The van der Waals surface area contributed by atoms with Gasteiger partial charge in [0.2, 0.25) is 0 Å². The Kier molecular flexibility index (Phi) is 7.11. The molecule has 0 fully saturated rings. The molecule has 0 spiro atoms. The molecule has 0 aromatic rings. The summed E-state index contributed by atoms with van der Waals surface area (Å²) in [5.74, 6) is 0.527. The molecule has 2 unspecified atom stereocenters. The standard InChI is InChI=1S/C10H20O2/c1-5-9(3)7-8-12-10(4)11-6-2/h5,9-10H,1,6-8H2,2-4H3. The third-order valence-electron chi connectivity index (χ3n) is 1.73. The summed E-state index contributed by atoms with van der Waals surface area (Å²) in [4.78, 5) is 0. The second-order valence-corrected chi connectivity index (χ2v) is 2.90. The van der Waals surface area contributed by atoms with Crippen LogP contribution in [0.15, 0.2) is 12.7 Å². The van der Waals surface area contributed by atoms with Crippen LogP contribution in [0.1, 0.15) is 27.2 Å². The fourth-order valence-electron chi connectivity index (χ4n) is 0.821. The van der Waals surface area contributed by atoms with Gasteiger partial charge in [-0.15, -0.1) is 6.58 Å². The number of rotatable bonds is 7. The minimum Gasteiger partial charge on any atom is -0.353 e. The van der Waals surface area contributed by atoms with Crippen LogP contribution in [0.25, 0.3) is 0 Å². The molecule has 0 amide bonds. The molecule has 0 aliphatic rings. The Labute approximate surface area is 75.6 Å². The zero-order valence-electron chi connectivity index (χ0n) is 8.38. The second kappa shape index (κ2) is 7.32. The molecule has 0 aromatic heterocycles. The third kappa shape index (κ3) is 6.38. The molecule has 0 saturated heterocycles. The van der Waals surface area contributed by atoms with Gasteiger partial charge >= 0.3 is 0 Å². The molecule has 0 saturated carbocycles. The van der Waals surface area contributed by atoms with E-state index < -0.39 is 0 Å². The van der Waals surface area contributed by atoms with E-state index in [1.807, 2.05) is 19.9 Å². The average molecular weight is 172 g/mol. The van der Waals surface area contributed by atoms with Gasteiger partial charge in [-0.05, 0) is 26.2 Å². The first kappa shape index (κ1) is 11.7. The van der Waals surface area contributed by atoms with Crippen molar-refractivity contribution in [3.05, 3.63) is 12.7 Å². The van der Waals surface area contributed by atoms with E-state index >= 15 is 0 Å². The zero-order chi connectivity index (χ0) is 9.40. The maximum atomic E-state index is 5.38. The van der Waals surface area contributed by atoms with Gasteiger partial charge in [0.25, 0.3) is 0 Å². The van der Waals surface area contributed by atoms with Crippen molar-refractivity contribution in [2.75, 3.05) is 13.2 Å². The number of hydrogen-bond acceptors (Lipinski definition) is 2. The Morgan fingerprint density at radius 2 is 2.00 bits per heavy atom. The van der Waals surface area contributed by atoms with Gasteiger partial charge in [-0.25, -0.2) is 0 Å². The van der Waals surface area contributed by atoms with Gasteiger partial charge in [0.1, 0.15) is 0 Å². The lowest BCUT2D eigenvalue weighted by Crippen LogP contribution is -2.14. The SMILES string of the molecule is C=CC(C)CCOC(C)OCC. The van der Waals surface area contributed by atoms with Crippen molar-refractivity contribution >= 4 is 0 Å². The summed E-state index contributed by atoms with van der Waals surface area (Å²) in [7, 11) is 0. The fraction of sp³-hybridized carbons (Fsp3) is 0.800. The molecule has 0 heterocycles. The lowest BCUT2D eigenvalue weighted by Gasteiger charge is -2.13. The third-order valence-corrected chi connectivity index (χ3v) is 1.73. The Balaban J connectivity index is 3.23. The van der Waals surface area contributed by atoms with Gasteiger partial charge in [-0.3, -0.25) is 0 Å². The summed E-state index contributed by atoms with van der Waals surface area (Å²) in [6.45, 7) is 11.2. The fourth-order valence-corrected chi connectivity index (χ4v) is 0.821. The van der Waals surface area contributed by atoms with Crippen LogP contribution >= 0.6 is 0 Å². The average Bonchev–Trinajstić information content (AvgIpc) is 2.04. The van der Waals surface area contributed by atoms with Crippen molar-refractivity contribution in [2.45, 2.75) is 33.5 Å². The van der Waals surface area contributed by atoms with E-state index in [0.29, 0.717) is 12.5 Å². The highest BCUT2D eigenvalue weighted by molar-refractivity contribution is 4.74. The lowest BCUT2D eigenvalue weighted by molar-refractivity contribution is -0.128. The molecule has 0 radical (unpaired) electrons. The summed E-state index contributed by atoms with van der Waals surface area (Å²) in [6, 6.07) is 0. The van der Waals surface area contributed by atoms with E-state index in [4.69, 9.17) is 9.47 Å². The van der Waals surface area contributed by atoms with Gasteiger partial charge < -0.3 is 9.47 Å². The maximum Gasteiger partial charge on any atom is 0.154 e. The molecule has 72 valence electrons. The van der Waals surface area contributed by atoms with Crippen LogP contribution in [0.4, 0.5) is 0 Å². The van der Waals surface area contributed by atoms with Crippen molar-refractivity contribution in [2.24, 2.45) is 5.92 Å². The Morgan fingerprint density at radius 1 is 1.33 bits per heavy atom. The summed E-state index contributed by atoms with van der Waals surface area (Å²) >= 11 is 0. The van der Waals surface area contributed by atoms with E-state index in [1.54, 1.807) is 0 Å². The van der Waals surface area contributed by atoms with Crippen LogP contribution in [-0.4, -0.2) is 19.5 Å². The van der Waals surface area contributed by atoms with Crippen molar-refractivity contribution in [1.82, 2.24) is 0 Å². The molecular weight excluding hydrogens is 152 g/mol. The van der Waals surface area contributed by atoms with Crippen LogP contribution in [0.2, 0.25) is 0 Å². The minimum atomic E-state index is -0.0768. The van der Waals surface area contributed by atoms with Crippen LogP contribution in [0, 0.1) is 5.92 Å². The second-order valence-electron chi connectivity index (χ2n) is 2.90. The van der Waals surface area contributed by atoms with Gasteiger partial charge in [-0.2, -0.15) is 0 Å². The first-order chi connectivity index (χ1) is 5.70. The summed E-state index contributed by atoms with van der Waals surface area (Å²) in [5, 5.41) is 0. The molecule has 2 atom stereocenters. The van der Waals surface area contributed by atoms with Crippen LogP contribution in [-0.2, 0) is 9.47 Å². The van der Waals surface area contributed by atoms with Gasteiger partial charge in [-0.1, -0.05) is 13.0 Å². The number of allylic oxidation sites excluding steroid dienone is 1. The summed E-state index contributed by atoms with van der Waals surface area (Å²) in [6.07, 6.45) is 2.88. The highest BCUT2D eigenvalue weighted by atomic mass is 16.7. The van der Waals surface area contributed by atoms with Crippen LogP contribution < -0.4 is 0 Å². The lowest BCUT2D eigenvalue weighted by atomic mass is 10.1. The van der Waals surface area contributed by atoms with Crippen LogP contribution in [0.3, 0.4) is 0 Å². The van der Waals surface area contributed by atoms with E-state index in [2.05, 4.69) is 13.5 Å². The molecule has 0 N–H and O–H groups in total. The Bertz CT molecular complexity index is 112. The van der Waals surface area contributed by atoms with E-state index in [0.717, 1.165) is 13.0 Å². The topological polar surface area (TPSA) is 18.5 Å². The highest BCUT2D eigenvalue weighted by Crippen LogP contribution is 2.03. The van der Waals surface area contributed by atoms with Gasteiger partial charge in [0.05, 0.1) is 6.61 Å². The van der Waals surface area contributed by atoms with Crippen LogP contribution in [0.5, 0.6) is 0 Å². The summed E-state index contributed by atoms with van der Waals surface area (Å²) < 4.78 is 10.6. The highest BCUT2D eigenvalue weighted by Gasteiger charge is 2.01. The maximum absolute atomic E-state index is 5.38. The van der Waals surface area contributed by atoms with Crippen molar-refractivity contribution in [1.29, 1.82) is 0 Å². The van der Waals surface area contributed by atoms with E-state index in [1.165, 1.54) is 0 Å². The Morgan fingerprint density at radius 3 is 2.50 bits per heavy atom. The molecule has 2 nitrogen and oxygen atoms in total. The molecule has 0 aromatic carbocycles. The molecule has 0 aliphatic heterocycles. The number of hydrogen-bond donors (Lipinski definition) is 0. The summed E-state index contributed by atoms with van der Waals surface area (Å²) in [5.41, 5.74) is 0. The molecule has 12 heavy (non-hydrogen) atoms. The van der Waals surface area contributed by atoms with Gasteiger partial charge in [0.15, 0.2) is 6.29 Å². The smallest absolute Gasteiger partial charge is 0.154 e. The van der Waals surface area contributed by atoms with Crippen molar-refractivity contribution in [3.63, 3.8) is 0 Å². The van der Waals surface area contributed by atoms with E-state index in [9.17, 15) is 0 Å². The van der Waals surface area contributed by atoms with E-state index in [-0.39, 0.29) is 6.29 Å². The molecular formula is C10H20O2. The number of ether oxygens (including phenoxy) is 2. The molecule has 0 aliphatic carbocycles. The van der Waals surface area contributed by atoms with Gasteiger partial charge in [0, 0.05) is 6.61 Å². The largest absolute Gasteiger partial charge is 0.353 e. The molecule has 2 heteroatoms. The minimum absolute atomic E-state index is 0.0768. The first-order valence-electron chi connectivity index (χ1n) is 4.56. The Hall–Kier alpha value is -0.340. The monoisotopic (exact) mass is 172 g/mol. The molecule has 0 bridgehead atoms. The first-order valence-corrected chi connectivity index (χ1v) is 4.56. The van der Waals surface area contributed by atoms with Crippen molar-refractivity contribution in [3.8, 4) is 0 Å². The quantitative estimate of drug-likeness (QED) is 0.434. The normalized spacial score (nSPS) is 15.6. The zero-order valence-corrected chi connectivity index (χ0v) is 8.38. The molecule has 0 rings (SSSR count).